The van der Waals surface area contributed by atoms with E-state index in [-0.39, 0.29) is 8.85 Å². The summed E-state index contributed by atoms with van der Waals surface area (Å²) in [6.45, 7) is 5.24. The topological polar surface area (TPSA) is 51.4 Å². The summed E-state index contributed by atoms with van der Waals surface area (Å²) in [5.74, 6) is 1.40. The van der Waals surface area contributed by atoms with E-state index in [0.29, 0.717) is 5.96 Å². The molecule has 0 heterocycles. The molecule has 16 heavy (non-hydrogen) atoms. The van der Waals surface area contributed by atoms with Gasteiger partial charge in [0, 0.05) is 22.1 Å². The molecule has 0 aliphatic carbocycles. The van der Waals surface area contributed by atoms with Crippen LogP contribution in [0, 0.1) is 17.4 Å². The zero-order valence-electron chi connectivity index (χ0n) is 10.2. The lowest BCUT2D eigenvalue weighted by Crippen LogP contribution is -2.33. The number of hydrogen-bond donors (Lipinski definition) is 1. The summed E-state index contributed by atoms with van der Waals surface area (Å²) in [6, 6.07) is 0. The molecule has 0 saturated heterocycles. The Hall–Kier alpha value is -1.24. The maximum atomic E-state index is 8.49. The Morgan fingerprint density at radius 3 is 2.50 bits per heavy atom. The zero-order chi connectivity index (χ0) is 11.7. The van der Waals surface area contributed by atoms with Gasteiger partial charge in [0.2, 0.25) is 5.96 Å². The molecule has 0 unspecified atom stereocenters. The highest BCUT2D eigenvalue weighted by Crippen LogP contribution is 2.05. The van der Waals surface area contributed by atoms with Gasteiger partial charge in [0.25, 0.3) is 0 Å². The van der Waals surface area contributed by atoms with E-state index < -0.39 is 0 Å². The third-order valence-corrected chi connectivity index (χ3v) is 2.04. The molecular weight excluding hydrogens is 200 g/mol. The second kappa shape index (κ2) is 10.3. The normalized spacial score (nSPS) is 10.6. The third-order valence-electron chi connectivity index (χ3n) is 2.04. The van der Waals surface area contributed by atoms with E-state index in [0.717, 1.165) is 18.9 Å². The maximum Gasteiger partial charge on any atom is 0.206 e. The molecule has 4 heteroatoms. The van der Waals surface area contributed by atoms with E-state index >= 15 is 0 Å². The highest BCUT2D eigenvalue weighted by molar-refractivity contribution is 5.80. The maximum absolute atomic E-state index is 8.49. The molecule has 0 aliphatic heterocycles. The quantitative estimate of drug-likeness (QED) is 0.259. The first-order chi connectivity index (χ1) is 7.07. The van der Waals surface area contributed by atoms with Gasteiger partial charge in [-0.05, 0) is 12.3 Å². The predicted octanol–water partition coefficient (Wildman–Crippen LogP) is 2.68. The summed E-state index contributed by atoms with van der Waals surface area (Å²) in [4.78, 5) is 6.13. The van der Waals surface area contributed by atoms with Crippen LogP contribution >= 0.6 is 0 Å². The van der Waals surface area contributed by atoms with Crippen molar-refractivity contribution in [3.63, 3.8) is 0 Å². The van der Waals surface area contributed by atoms with Crippen molar-refractivity contribution in [1.29, 1.82) is 5.26 Å². The van der Waals surface area contributed by atoms with Crippen molar-refractivity contribution in [1.82, 2.24) is 10.2 Å². The zero-order valence-corrected chi connectivity index (χ0v) is 10.2. The van der Waals surface area contributed by atoms with Crippen LogP contribution < -0.4 is 5.32 Å². The van der Waals surface area contributed by atoms with Gasteiger partial charge in [0.05, 0.1) is 0 Å². The SMILES string of the molecule is C.CC(C)CCCCN=C(NC#N)N(C)C.[HH]. The highest BCUT2D eigenvalue weighted by Gasteiger charge is 1.99. The van der Waals surface area contributed by atoms with Crippen LogP contribution in [0.2, 0.25) is 0 Å². The second-order valence-corrected chi connectivity index (χ2v) is 4.23. The average molecular weight is 228 g/mol. The molecule has 0 aromatic rings. The molecule has 0 bridgehead atoms. The van der Waals surface area contributed by atoms with Gasteiger partial charge in [-0.2, -0.15) is 5.26 Å². The smallest absolute Gasteiger partial charge is 0.206 e. The number of nitrogens with zero attached hydrogens (tertiary/aromatic N) is 3. The van der Waals surface area contributed by atoms with Gasteiger partial charge < -0.3 is 4.90 Å². The van der Waals surface area contributed by atoms with E-state index in [1.54, 1.807) is 0 Å². The number of rotatable bonds is 5. The molecule has 0 atom stereocenters. The number of nitrogens with one attached hydrogen (secondary N) is 1. The van der Waals surface area contributed by atoms with Crippen LogP contribution in [0.1, 0.15) is 42.0 Å². The Bertz CT molecular complexity index is 231. The van der Waals surface area contributed by atoms with E-state index in [9.17, 15) is 0 Å². The molecule has 0 rings (SSSR count). The molecule has 0 aromatic heterocycles. The van der Waals surface area contributed by atoms with Crippen LogP contribution in [-0.2, 0) is 0 Å². The van der Waals surface area contributed by atoms with Gasteiger partial charge in [-0.25, -0.2) is 0 Å². The number of aliphatic imine (C=N–C) groups is 1. The van der Waals surface area contributed by atoms with Crippen LogP contribution in [0.15, 0.2) is 4.99 Å². The van der Waals surface area contributed by atoms with Crippen molar-refractivity contribution in [2.24, 2.45) is 10.9 Å². The number of nitriles is 1. The average Bonchev–Trinajstić information content (AvgIpc) is 2.15. The molecule has 0 saturated carbocycles. The highest BCUT2D eigenvalue weighted by atomic mass is 15.3. The summed E-state index contributed by atoms with van der Waals surface area (Å²) < 4.78 is 0. The van der Waals surface area contributed by atoms with Crippen molar-refractivity contribution in [3.8, 4) is 6.19 Å². The Labute approximate surface area is 102 Å². The fraction of sp³-hybridized carbons (Fsp3) is 0.833. The minimum absolute atomic E-state index is 0. The second-order valence-electron chi connectivity index (χ2n) is 4.23. The minimum Gasteiger partial charge on any atom is -0.348 e. The van der Waals surface area contributed by atoms with Gasteiger partial charge >= 0.3 is 0 Å². The Morgan fingerprint density at radius 2 is 2.06 bits per heavy atom. The molecule has 0 fully saturated rings. The predicted molar refractivity (Wildman–Crippen MR) is 72.3 cm³/mol. The first kappa shape index (κ1) is 17.2. The van der Waals surface area contributed by atoms with Crippen LogP contribution in [0.25, 0.3) is 0 Å². The van der Waals surface area contributed by atoms with Gasteiger partial charge in [-0.1, -0.05) is 34.1 Å². The number of unbranched alkanes of at least 4 members (excludes halogenated alkanes) is 1. The lowest BCUT2D eigenvalue weighted by Gasteiger charge is -2.13. The summed E-state index contributed by atoms with van der Waals surface area (Å²) in [6.07, 6.45) is 5.42. The monoisotopic (exact) mass is 228 g/mol. The van der Waals surface area contributed by atoms with Crippen LogP contribution in [0.5, 0.6) is 0 Å². The van der Waals surface area contributed by atoms with E-state index in [1.165, 1.54) is 12.8 Å². The molecule has 1 N–H and O–H groups in total. The van der Waals surface area contributed by atoms with E-state index in [1.807, 2.05) is 25.2 Å². The van der Waals surface area contributed by atoms with E-state index in [2.05, 4.69) is 24.2 Å². The molecule has 0 spiro atoms. The standard InChI is InChI=1S/C11H22N4.CH4.H2/c1-10(2)7-5-6-8-13-11(14-9-12)15(3)4;;/h10H,5-8H2,1-4H3,(H,13,14);1H4;1H. The Balaban J connectivity index is -0.000000980. The van der Waals surface area contributed by atoms with Crippen molar-refractivity contribution in [2.75, 3.05) is 20.6 Å². The summed E-state index contributed by atoms with van der Waals surface area (Å²) in [7, 11) is 3.74. The fourth-order valence-corrected chi connectivity index (χ4v) is 1.19. The van der Waals surface area contributed by atoms with Gasteiger partial charge in [0.15, 0.2) is 6.19 Å². The summed E-state index contributed by atoms with van der Waals surface area (Å²) in [5.41, 5.74) is 0. The minimum atomic E-state index is 0. The first-order valence-electron chi connectivity index (χ1n) is 5.44. The largest absolute Gasteiger partial charge is 0.348 e. The molecule has 96 valence electrons. The summed E-state index contributed by atoms with van der Waals surface area (Å²) >= 11 is 0. The summed E-state index contributed by atoms with van der Waals surface area (Å²) in [5, 5.41) is 11.1. The molecule has 0 aliphatic rings. The number of hydrogen-bond acceptors (Lipinski definition) is 2. The van der Waals surface area contributed by atoms with Gasteiger partial charge in [-0.3, -0.25) is 10.3 Å². The van der Waals surface area contributed by atoms with Gasteiger partial charge in [-0.15, -0.1) is 0 Å². The Kier molecular flexibility index (Phi) is 11.0. The lowest BCUT2D eigenvalue weighted by atomic mass is 10.1. The van der Waals surface area contributed by atoms with Crippen molar-refractivity contribution < 1.29 is 1.43 Å². The van der Waals surface area contributed by atoms with Crippen molar-refractivity contribution in [2.45, 2.75) is 40.5 Å². The Morgan fingerprint density at radius 1 is 1.44 bits per heavy atom. The molecule has 0 radical (unpaired) electrons. The van der Waals surface area contributed by atoms with Crippen LogP contribution in [0.3, 0.4) is 0 Å². The molecule has 4 nitrogen and oxygen atoms in total. The lowest BCUT2D eigenvalue weighted by molar-refractivity contribution is 0.538. The van der Waals surface area contributed by atoms with Crippen LogP contribution in [0.4, 0.5) is 0 Å². The molecule has 0 amide bonds. The molecular formula is C12H28N4. The van der Waals surface area contributed by atoms with Crippen molar-refractivity contribution in [3.05, 3.63) is 0 Å². The fourth-order valence-electron chi connectivity index (χ4n) is 1.19. The molecule has 0 aromatic carbocycles. The van der Waals surface area contributed by atoms with Crippen LogP contribution in [-0.4, -0.2) is 31.5 Å². The third kappa shape index (κ3) is 9.32. The van der Waals surface area contributed by atoms with Gasteiger partial charge in [0.1, 0.15) is 0 Å². The van der Waals surface area contributed by atoms with E-state index in [4.69, 9.17) is 5.26 Å². The first-order valence-corrected chi connectivity index (χ1v) is 5.44. The van der Waals surface area contributed by atoms with Crippen molar-refractivity contribution >= 4 is 5.96 Å². The number of guanidine groups is 1.